The van der Waals surface area contributed by atoms with Gasteiger partial charge in [-0.2, -0.15) is 0 Å². The molecule has 0 radical (unpaired) electrons. The van der Waals surface area contributed by atoms with E-state index in [2.05, 4.69) is 4.98 Å². The van der Waals surface area contributed by atoms with Crippen LogP contribution in [0.2, 0.25) is 0 Å². The lowest BCUT2D eigenvalue weighted by Crippen LogP contribution is -2.17. The highest BCUT2D eigenvalue weighted by atomic mass is 16.6. The van der Waals surface area contributed by atoms with Crippen LogP contribution in [0.4, 0.5) is 0 Å². The second-order valence-electron chi connectivity index (χ2n) is 3.97. The smallest absolute Gasteiger partial charge is 0.326 e. The fourth-order valence-electron chi connectivity index (χ4n) is 1.84. The van der Waals surface area contributed by atoms with E-state index in [1.165, 1.54) is 0 Å². The number of aromatic nitrogens is 2. The lowest BCUT2D eigenvalue weighted by Gasteiger charge is -2.08. The van der Waals surface area contributed by atoms with Crippen LogP contribution in [0, 0.1) is 0 Å². The third-order valence-electron chi connectivity index (χ3n) is 2.71. The first-order valence-electron chi connectivity index (χ1n) is 5.96. The summed E-state index contributed by atoms with van der Waals surface area (Å²) in [5.41, 5.74) is 1.55. The van der Waals surface area contributed by atoms with Gasteiger partial charge in [-0.3, -0.25) is 4.79 Å². The fourth-order valence-corrected chi connectivity index (χ4v) is 1.84. The number of esters is 1. The highest BCUT2D eigenvalue weighted by Crippen LogP contribution is 2.16. The van der Waals surface area contributed by atoms with E-state index in [-0.39, 0.29) is 25.7 Å². The first-order chi connectivity index (χ1) is 9.26. The number of carbonyl (C=O) groups excluding carboxylic acids is 1. The summed E-state index contributed by atoms with van der Waals surface area (Å²) in [4.78, 5) is 16.0. The van der Waals surface area contributed by atoms with Crippen molar-refractivity contribution in [2.24, 2.45) is 0 Å². The minimum Gasteiger partial charge on any atom is -0.462 e. The molecule has 0 aliphatic rings. The Labute approximate surface area is 110 Å². The van der Waals surface area contributed by atoms with Gasteiger partial charge in [-0.05, 0) is 12.1 Å². The van der Waals surface area contributed by atoms with E-state index in [1.807, 2.05) is 24.3 Å². The van der Waals surface area contributed by atoms with Crippen molar-refractivity contribution >= 4 is 17.0 Å². The molecule has 6 nitrogen and oxygen atoms in total. The molecule has 0 fully saturated rings. The zero-order valence-corrected chi connectivity index (χ0v) is 10.7. The average molecular weight is 264 g/mol. The maximum atomic E-state index is 11.7. The van der Waals surface area contributed by atoms with Gasteiger partial charge in [0.2, 0.25) is 0 Å². The lowest BCUT2D eigenvalue weighted by molar-refractivity contribution is -0.145. The Kier molecular flexibility index (Phi) is 4.48. The van der Waals surface area contributed by atoms with Crippen molar-refractivity contribution in [3.63, 3.8) is 0 Å². The van der Waals surface area contributed by atoms with Gasteiger partial charge in [0, 0.05) is 7.11 Å². The summed E-state index contributed by atoms with van der Waals surface area (Å²) in [5, 5.41) is 9.29. The van der Waals surface area contributed by atoms with Gasteiger partial charge in [-0.1, -0.05) is 12.1 Å². The number of imidazole rings is 1. The molecule has 0 spiro atoms. The van der Waals surface area contributed by atoms with Crippen LogP contribution >= 0.6 is 0 Å². The Balaban J connectivity index is 2.16. The van der Waals surface area contributed by atoms with Crippen LogP contribution in [0.1, 0.15) is 5.82 Å². The van der Waals surface area contributed by atoms with Crippen molar-refractivity contribution in [2.75, 3.05) is 20.3 Å². The van der Waals surface area contributed by atoms with Gasteiger partial charge in [0.25, 0.3) is 0 Å². The minimum absolute atomic E-state index is 0.0279. The second-order valence-corrected chi connectivity index (χ2v) is 3.97. The number of carbonyl (C=O) groups is 1. The van der Waals surface area contributed by atoms with Crippen molar-refractivity contribution in [1.82, 2.24) is 9.55 Å². The molecule has 19 heavy (non-hydrogen) atoms. The SMILES string of the molecule is COCCOC(=O)Cn1c(CO)nc2ccccc21. The molecule has 0 bridgehead atoms. The number of fused-ring (bicyclic) bond motifs is 1. The summed E-state index contributed by atoms with van der Waals surface area (Å²) >= 11 is 0. The van der Waals surface area contributed by atoms with Crippen LogP contribution in [-0.2, 0) is 27.4 Å². The molecule has 0 aliphatic carbocycles. The maximum absolute atomic E-state index is 11.7. The normalized spacial score (nSPS) is 10.8. The number of methoxy groups -OCH3 is 1. The molecule has 0 saturated carbocycles. The standard InChI is InChI=1S/C13H16N2O4/c1-18-6-7-19-13(17)8-15-11-5-3-2-4-10(11)14-12(15)9-16/h2-5,16H,6-9H2,1H3. The largest absolute Gasteiger partial charge is 0.462 e. The van der Waals surface area contributed by atoms with Crippen LogP contribution < -0.4 is 0 Å². The van der Waals surface area contributed by atoms with Gasteiger partial charge in [0.15, 0.2) is 0 Å². The molecule has 6 heteroatoms. The van der Waals surface area contributed by atoms with Gasteiger partial charge in [0.1, 0.15) is 25.6 Å². The number of ether oxygens (including phenoxy) is 2. The Morgan fingerprint density at radius 1 is 1.37 bits per heavy atom. The first-order valence-corrected chi connectivity index (χ1v) is 5.96. The Hall–Kier alpha value is -1.92. The second kappa shape index (κ2) is 6.31. The Morgan fingerprint density at radius 3 is 2.89 bits per heavy atom. The van der Waals surface area contributed by atoms with E-state index in [4.69, 9.17) is 9.47 Å². The quantitative estimate of drug-likeness (QED) is 0.614. The van der Waals surface area contributed by atoms with Gasteiger partial charge in [-0.15, -0.1) is 0 Å². The zero-order valence-electron chi connectivity index (χ0n) is 10.7. The number of para-hydroxylation sites is 2. The summed E-state index contributed by atoms with van der Waals surface area (Å²) in [6.45, 7) is 0.389. The number of benzene rings is 1. The van der Waals surface area contributed by atoms with E-state index < -0.39 is 0 Å². The molecule has 1 heterocycles. The fraction of sp³-hybridized carbons (Fsp3) is 0.385. The van der Waals surface area contributed by atoms with E-state index in [0.29, 0.717) is 12.4 Å². The highest BCUT2D eigenvalue weighted by Gasteiger charge is 2.13. The number of nitrogens with zero attached hydrogens (tertiary/aromatic N) is 2. The van der Waals surface area contributed by atoms with E-state index in [1.54, 1.807) is 11.7 Å². The molecule has 0 aliphatic heterocycles. The molecule has 0 unspecified atom stereocenters. The Morgan fingerprint density at radius 2 is 2.16 bits per heavy atom. The van der Waals surface area contributed by atoms with Gasteiger partial charge >= 0.3 is 5.97 Å². The summed E-state index contributed by atoms with van der Waals surface area (Å²) < 4.78 is 11.5. The molecular weight excluding hydrogens is 248 g/mol. The predicted molar refractivity (Wildman–Crippen MR) is 68.5 cm³/mol. The van der Waals surface area contributed by atoms with Crippen LogP contribution in [-0.4, -0.2) is 41.0 Å². The lowest BCUT2D eigenvalue weighted by atomic mass is 10.3. The molecular formula is C13H16N2O4. The van der Waals surface area contributed by atoms with E-state index in [0.717, 1.165) is 11.0 Å². The van der Waals surface area contributed by atoms with E-state index in [9.17, 15) is 9.90 Å². The van der Waals surface area contributed by atoms with Crippen molar-refractivity contribution in [3.8, 4) is 0 Å². The summed E-state index contributed by atoms with van der Waals surface area (Å²) in [6.07, 6.45) is 0. The number of aliphatic hydroxyl groups is 1. The summed E-state index contributed by atoms with van der Waals surface area (Å²) in [6, 6.07) is 7.40. The van der Waals surface area contributed by atoms with Crippen LogP contribution in [0.3, 0.4) is 0 Å². The molecule has 0 atom stereocenters. The maximum Gasteiger partial charge on any atom is 0.326 e. The third kappa shape index (κ3) is 3.10. The van der Waals surface area contributed by atoms with Gasteiger partial charge in [-0.25, -0.2) is 4.98 Å². The number of rotatable bonds is 6. The van der Waals surface area contributed by atoms with Gasteiger partial charge in [0.05, 0.1) is 17.6 Å². The monoisotopic (exact) mass is 264 g/mol. The van der Waals surface area contributed by atoms with Gasteiger partial charge < -0.3 is 19.1 Å². The first kappa shape index (κ1) is 13.5. The average Bonchev–Trinajstić information content (AvgIpc) is 2.77. The molecule has 102 valence electrons. The molecule has 2 aromatic rings. The minimum atomic E-state index is -0.380. The van der Waals surface area contributed by atoms with Crippen LogP contribution in [0.15, 0.2) is 24.3 Å². The van der Waals surface area contributed by atoms with Crippen molar-refractivity contribution < 1.29 is 19.4 Å². The molecule has 2 rings (SSSR count). The number of hydrogen-bond acceptors (Lipinski definition) is 5. The molecule has 1 aromatic heterocycles. The summed E-state index contributed by atoms with van der Waals surface area (Å²) in [7, 11) is 1.54. The van der Waals surface area contributed by atoms with Crippen molar-refractivity contribution in [3.05, 3.63) is 30.1 Å². The van der Waals surface area contributed by atoms with Crippen molar-refractivity contribution in [2.45, 2.75) is 13.2 Å². The Bertz CT molecular complexity index is 565. The number of hydrogen-bond donors (Lipinski definition) is 1. The van der Waals surface area contributed by atoms with Crippen molar-refractivity contribution in [1.29, 1.82) is 0 Å². The van der Waals surface area contributed by atoms with E-state index >= 15 is 0 Å². The predicted octanol–water partition coefficient (Wildman–Crippen LogP) is 0.718. The molecule has 1 N–H and O–H groups in total. The summed E-state index contributed by atoms with van der Waals surface area (Å²) in [5.74, 6) is 0.0693. The van der Waals surface area contributed by atoms with Crippen LogP contribution in [0.25, 0.3) is 11.0 Å². The third-order valence-corrected chi connectivity index (χ3v) is 2.71. The number of aliphatic hydroxyl groups excluding tert-OH is 1. The molecule has 1 aromatic carbocycles. The topological polar surface area (TPSA) is 73.6 Å². The zero-order chi connectivity index (χ0) is 13.7. The highest BCUT2D eigenvalue weighted by molar-refractivity contribution is 5.78. The molecule has 0 saturated heterocycles. The van der Waals surface area contributed by atoms with Crippen LogP contribution in [0.5, 0.6) is 0 Å². The molecule has 0 amide bonds.